The van der Waals surface area contributed by atoms with Crippen LogP contribution in [0.4, 0.5) is 0 Å². The maximum atomic E-state index is 11.9. The average molecular weight is 312 g/mol. The summed E-state index contributed by atoms with van der Waals surface area (Å²) in [4.78, 5) is 27.6. The van der Waals surface area contributed by atoms with Gasteiger partial charge in [0.15, 0.2) is 12.4 Å². The summed E-state index contributed by atoms with van der Waals surface area (Å²) in [5.74, 6) is 0.411. The fourth-order valence-corrected chi connectivity index (χ4v) is 2.08. The van der Waals surface area contributed by atoms with E-state index in [0.29, 0.717) is 17.7 Å². The summed E-state index contributed by atoms with van der Waals surface area (Å²) in [6, 6.07) is 12.2. The van der Waals surface area contributed by atoms with Gasteiger partial charge < -0.3 is 10.1 Å². The lowest BCUT2D eigenvalue weighted by Crippen LogP contribution is -2.31. The number of ketones is 1. The van der Waals surface area contributed by atoms with Crippen LogP contribution < -0.4 is 10.1 Å². The standard InChI is InChI=1S/C18H20N2O3/c1-3-17(21)14-7-9-15(10-8-14)23-12-18(22)20-13(2)16-6-4-5-11-19-16/h4-11,13H,3,12H2,1-2H3,(H,20,22). The van der Waals surface area contributed by atoms with Crippen LogP contribution in [0.1, 0.15) is 42.4 Å². The zero-order valence-electron chi connectivity index (χ0n) is 13.3. The minimum Gasteiger partial charge on any atom is -0.484 e. The first kappa shape index (κ1) is 16.7. The van der Waals surface area contributed by atoms with Crippen molar-refractivity contribution in [2.45, 2.75) is 26.3 Å². The van der Waals surface area contributed by atoms with Crippen LogP contribution in [0.2, 0.25) is 0 Å². The third-order valence-electron chi connectivity index (χ3n) is 3.38. The van der Waals surface area contributed by atoms with E-state index in [1.165, 1.54) is 0 Å². The number of benzene rings is 1. The van der Waals surface area contributed by atoms with Crippen LogP contribution in [0.25, 0.3) is 0 Å². The molecular formula is C18H20N2O3. The van der Waals surface area contributed by atoms with Gasteiger partial charge in [-0.1, -0.05) is 13.0 Å². The zero-order chi connectivity index (χ0) is 16.7. The second-order valence-electron chi connectivity index (χ2n) is 5.13. The molecule has 0 aliphatic heterocycles. The summed E-state index contributed by atoms with van der Waals surface area (Å²) >= 11 is 0. The normalized spacial score (nSPS) is 11.6. The van der Waals surface area contributed by atoms with Gasteiger partial charge in [-0.3, -0.25) is 14.6 Å². The molecule has 0 saturated heterocycles. The third kappa shape index (κ3) is 4.92. The number of rotatable bonds is 7. The van der Waals surface area contributed by atoms with E-state index in [4.69, 9.17) is 4.74 Å². The summed E-state index contributed by atoms with van der Waals surface area (Å²) < 4.78 is 5.43. The van der Waals surface area contributed by atoms with E-state index >= 15 is 0 Å². The molecule has 2 aromatic rings. The largest absolute Gasteiger partial charge is 0.484 e. The Balaban J connectivity index is 1.83. The Morgan fingerprint density at radius 1 is 1.17 bits per heavy atom. The SMILES string of the molecule is CCC(=O)c1ccc(OCC(=O)NC(C)c2ccccn2)cc1. The van der Waals surface area contributed by atoms with Crippen LogP contribution in [-0.2, 0) is 4.79 Å². The van der Waals surface area contributed by atoms with E-state index in [2.05, 4.69) is 10.3 Å². The van der Waals surface area contributed by atoms with E-state index in [1.54, 1.807) is 30.5 Å². The van der Waals surface area contributed by atoms with E-state index in [1.807, 2.05) is 32.0 Å². The van der Waals surface area contributed by atoms with Crippen molar-refractivity contribution in [3.05, 3.63) is 59.9 Å². The van der Waals surface area contributed by atoms with Gasteiger partial charge >= 0.3 is 0 Å². The number of aromatic nitrogens is 1. The lowest BCUT2D eigenvalue weighted by atomic mass is 10.1. The van der Waals surface area contributed by atoms with Crippen LogP contribution in [0.3, 0.4) is 0 Å². The number of pyridine rings is 1. The molecule has 1 unspecified atom stereocenters. The van der Waals surface area contributed by atoms with Gasteiger partial charge in [-0.25, -0.2) is 0 Å². The van der Waals surface area contributed by atoms with E-state index in [-0.39, 0.29) is 24.3 Å². The van der Waals surface area contributed by atoms with Crippen molar-refractivity contribution in [3.63, 3.8) is 0 Å². The van der Waals surface area contributed by atoms with Crippen molar-refractivity contribution < 1.29 is 14.3 Å². The molecule has 0 aliphatic rings. The number of Topliss-reactive ketones (excluding diaryl/α,β-unsaturated/α-hetero) is 1. The maximum Gasteiger partial charge on any atom is 0.258 e. The Labute approximate surface area is 135 Å². The van der Waals surface area contributed by atoms with Crippen molar-refractivity contribution in [1.29, 1.82) is 0 Å². The Bertz CT molecular complexity index is 654. The number of amides is 1. The van der Waals surface area contributed by atoms with Gasteiger partial charge in [0.2, 0.25) is 0 Å². The third-order valence-corrected chi connectivity index (χ3v) is 3.38. The first-order valence-corrected chi connectivity index (χ1v) is 7.56. The van der Waals surface area contributed by atoms with E-state index in [9.17, 15) is 9.59 Å². The highest BCUT2D eigenvalue weighted by Crippen LogP contribution is 2.13. The number of carbonyl (C=O) groups excluding carboxylic acids is 2. The molecule has 0 bridgehead atoms. The van der Waals surface area contributed by atoms with Crippen LogP contribution in [0.5, 0.6) is 5.75 Å². The second-order valence-corrected chi connectivity index (χ2v) is 5.13. The highest BCUT2D eigenvalue weighted by Gasteiger charge is 2.11. The zero-order valence-corrected chi connectivity index (χ0v) is 13.3. The summed E-state index contributed by atoms with van der Waals surface area (Å²) in [5.41, 5.74) is 1.44. The van der Waals surface area contributed by atoms with E-state index in [0.717, 1.165) is 5.69 Å². The number of ether oxygens (including phenoxy) is 1. The lowest BCUT2D eigenvalue weighted by Gasteiger charge is -2.13. The molecule has 1 amide bonds. The molecule has 23 heavy (non-hydrogen) atoms. The Hall–Kier alpha value is -2.69. The van der Waals surface area contributed by atoms with Gasteiger partial charge in [0.25, 0.3) is 5.91 Å². The van der Waals surface area contributed by atoms with Crippen LogP contribution in [-0.4, -0.2) is 23.3 Å². The number of carbonyl (C=O) groups is 2. The van der Waals surface area contributed by atoms with Crippen LogP contribution in [0, 0.1) is 0 Å². The molecule has 120 valence electrons. The van der Waals surface area contributed by atoms with Crippen molar-refractivity contribution in [2.24, 2.45) is 0 Å². The predicted molar refractivity (Wildman–Crippen MR) is 87.4 cm³/mol. The number of nitrogens with one attached hydrogen (secondary N) is 1. The van der Waals surface area contributed by atoms with Gasteiger partial charge in [-0.05, 0) is 43.3 Å². The fourth-order valence-electron chi connectivity index (χ4n) is 2.08. The van der Waals surface area contributed by atoms with Crippen LogP contribution in [0.15, 0.2) is 48.7 Å². The molecular weight excluding hydrogens is 292 g/mol. The molecule has 1 heterocycles. The molecule has 1 aromatic heterocycles. The van der Waals surface area contributed by atoms with Crippen molar-refractivity contribution in [1.82, 2.24) is 10.3 Å². The second kappa shape index (κ2) is 8.08. The Morgan fingerprint density at radius 2 is 1.91 bits per heavy atom. The molecule has 5 heteroatoms. The summed E-state index contributed by atoms with van der Waals surface area (Å²) in [7, 11) is 0. The van der Waals surface area contributed by atoms with Gasteiger partial charge in [-0.15, -0.1) is 0 Å². The molecule has 0 spiro atoms. The smallest absolute Gasteiger partial charge is 0.258 e. The average Bonchev–Trinajstić information content (AvgIpc) is 2.60. The Kier molecular flexibility index (Phi) is 5.86. The molecule has 0 aliphatic carbocycles. The first-order chi connectivity index (χ1) is 11.1. The lowest BCUT2D eigenvalue weighted by molar-refractivity contribution is -0.123. The Morgan fingerprint density at radius 3 is 2.52 bits per heavy atom. The summed E-state index contributed by atoms with van der Waals surface area (Å²) in [5, 5.41) is 2.82. The fraction of sp³-hybridized carbons (Fsp3) is 0.278. The first-order valence-electron chi connectivity index (χ1n) is 7.56. The van der Waals surface area contributed by atoms with Crippen molar-refractivity contribution in [3.8, 4) is 5.75 Å². The molecule has 2 rings (SSSR count). The quantitative estimate of drug-likeness (QED) is 0.798. The highest BCUT2D eigenvalue weighted by atomic mass is 16.5. The number of hydrogen-bond acceptors (Lipinski definition) is 4. The summed E-state index contributed by atoms with van der Waals surface area (Å²) in [6.07, 6.45) is 2.15. The molecule has 0 fully saturated rings. The molecule has 0 radical (unpaired) electrons. The monoisotopic (exact) mass is 312 g/mol. The molecule has 1 atom stereocenters. The minimum absolute atomic E-state index is 0.0819. The predicted octanol–water partition coefficient (Wildman–Crippen LogP) is 2.93. The molecule has 0 saturated carbocycles. The van der Waals surface area contributed by atoms with Gasteiger partial charge in [0, 0.05) is 18.2 Å². The van der Waals surface area contributed by atoms with Crippen LogP contribution >= 0.6 is 0 Å². The molecule has 1 aromatic carbocycles. The highest BCUT2D eigenvalue weighted by molar-refractivity contribution is 5.95. The van der Waals surface area contributed by atoms with Gasteiger partial charge in [-0.2, -0.15) is 0 Å². The number of hydrogen-bond donors (Lipinski definition) is 1. The van der Waals surface area contributed by atoms with Gasteiger partial charge in [0.05, 0.1) is 11.7 Å². The molecule has 5 nitrogen and oxygen atoms in total. The van der Waals surface area contributed by atoms with Gasteiger partial charge in [0.1, 0.15) is 5.75 Å². The topological polar surface area (TPSA) is 68.3 Å². The molecule has 1 N–H and O–H groups in total. The number of nitrogens with zero attached hydrogens (tertiary/aromatic N) is 1. The maximum absolute atomic E-state index is 11.9. The minimum atomic E-state index is -0.225. The summed E-state index contributed by atoms with van der Waals surface area (Å²) in [6.45, 7) is 3.60. The van der Waals surface area contributed by atoms with Crippen molar-refractivity contribution in [2.75, 3.05) is 6.61 Å². The van der Waals surface area contributed by atoms with Crippen molar-refractivity contribution >= 4 is 11.7 Å². The van der Waals surface area contributed by atoms with E-state index < -0.39 is 0 Å².